The highest BCUT2D eigenvalue weighted by Crippen LogP contribution is 2.39. The van der Waals surface area contributed by atoms with Gasteiger partial charge in [0.1, 0.15) is 5.75 Å². The van der Waals surface area contributed by atoms with Crippen LogP contribution in [-0.4, -0.2) is 6.61 Å². The summed E-state index contributed by atoms with van der Waals surface area (Å²) in [5.74, 6) is 0.902. The van der Waals surface area contributed by atoms with Crippen molar-refractivity contribution in [2.45, 2.75) is 26.1 Å². The van der Waals surface area contributed by atoms with Gasteiger partial charge < -0.3 is 4.74 Å². The van der Waals surface area contributed by atoms with Crippen LogP contribution in [0.4, 0.5) is 0 Å². The Hall–Kier alpha value is -0.110. The van der Waals surface area contributed by atoms with Gasteiger partial charge in [-0.05, 0) is 24.5 Å². The van der Waals surface area contributed by atoms with Crippen LogP contribution < -0.4 is 4.74 Å². The van der Waals surface area contributed by atoms with Gasteiger partial charge in [-0.1, -0.05) is 37.0 Å². The lowest BCUT2D eigenvalue weighted by Gasteiger charge is -2.17. The molecule has 16 heavy (non-hydrogen) atoms. The molecule has 0 spiro atoms. The molecule has 1 rings (SSSR count). The van der Waals surface area contributed by atoms with Crippen molar-refractivity contribution in [1.82, 2.24) is 0 Å². The lowest BCUT2D eigenvalue weighted by Crippen LogP contribution is -2.01. The Labute approximate surface area is 112 Å². The van der Waals surface area contributed by atoms with Crippen molar-refractivity contribution in [3.05, 3.63) is 27.7 Å². The Morgan fingerprint density at radius 2 is 1.81 bits per heavy atom. The molecule has 1 nitrogen and oxygen atoms in total. The van der Waals surface area contributed by atoms with E-state index in [1.807, 2.05) is 20.8 Å². The first-order chi connectivity index (χ1) is 7.47. The van der Waals surface area contributed by atoms with Crippen molar-refractivity contribution >= 4 is 34.8 Å². The molecule has 90 valence electrons. The number of benzene rings is 1. The third-order valence-electron chi connectivity index (χ3n) is 2.23. The van der Waals surface area contributed by atoms with E-state index in [1.54, 1.807) is 12.1 Å². The summed E-state index contributed by atoms with van der Waals surface area (Å²) in [4.78, 5) is 0. The summed E-state index contributed by atoms with van der Waals surface area (Å²) in [6.45, 7) is 6.54. The molecule has 1 aromatic carbocycles. The molecule has 0 fully saturated rings. The Morgan fingerprint density at radius 3 is 2.31 bits per heavy atom. The zero-order valence-corrected chi connectivity index (χ0v) is 11.8. The Kier molecular flexibility index (Phi) is 5.23. The molecule has 0 aromatic heterocycles. The second-order valence-corrected chi connectivity index (χ2v) is 5.17. The fraction of sp³-hybridized carbons (Fsp3) is 0.500. The van der Waals surface area contributed by atoms with E-state index in [2.05, 4.69) is 0 Å². The summed E-state index contributed by atoms with van der Waals surface area (Å²) >= 11 is 18.5. The Balaban J connectivity index is 3.10. The van der Waals surface area contributed by atoms with Crippen LogP contribution in [0.2, 0.25) is 10.0 Å². The molecule has 0 aliphatic heterocycles. The molecule has 4 heteroatoms. The average Bonchev–Trinajstić information content (AvgIpc) is 2.22. The highest BCUT2D eigenvalue weighted by Gasteiger charge is 2.18. The third-order valence-corrected chi connectivity index (χ3v) is 3.60. The quantitative estimate of drug-likeness (QED) is 0.678. The van der Waals surface area contributed by atoms with Crippen molar-refractivity contribution in [3.63, 3.8) is 0 Å². The normalized spacial score (nSPS) is 12.9. The third kappa shape index (κ3) is 3.19. The van der Waals surface area contributed by atoms with Gasteiger partial charge in [0.2, 0.25) is 0 Å². The molecule has 1 unspecified atom stereocenters. The molecule has 0 saturated heterocycles. The van der Waals surface area contributed by atoms with Crippen LogP contribution in [0.1, 0.15) is 31.7 Å². The van der Waals surface area contributed by atoms with E-state index in [-0.39, 0.29) is 5.38 Å². The molecule has 0 N–H and O–H groups in total. The fourth-order valence-electron chi connectivity index (χ4n) is 1.38. The number of hydrogen-bond acceptors (Lipinski definition) is 1. The largest absolute Gasteiger partial charge is 0.492 e. The number of ether oxygens (including phenoxy) is 1. The molecular formula is C12H15Cl3O. The van der Waals surface area contributed by atoms with E-state index < -0.39 is 0 Å². The molecule has 0 bridgehead atoms. The minimum atomic E-state index is -0.138. The number of halogens is 3. The molecule has 1 aromatic rings. The SMILES string of the molecule is CCOc1cc(Cl)c(C(Cl)C(C)C)cc1Cl. The number of alkyl halides is 1. The van der Waals surface area contributed by atoms with E-state index in [1.165, 1.54) is 0 Å². The molecule has 0 heterocycles. The van der Waals surface area contributed by atoms with Gasteiger partial charge in [-0.25, -0.2) is 0 Å². The van der Waals surface area contributed by atoms with Crippen LogP contribution in [0.15, 0.2) is 12.1 Å². The maximum atomic E-state index is 6.26. The lowest BCUT2D eigenvalue weighted by molar-refractivity contribution is 0.340. The summed E-state index contributed by atoms with van der Waals surface area (Å²) in [5, 5.41) is 1.01. The van der Waals surface area contributed by atoms with Gasteiger partial charge in [-0.3, -0.25) is 0 Å². The summed E-state index contributed by atoms with van der Waals surface area (Å²) < 4.78 is 5.35. The topological polar surface area (TPSA) is 9.23 Å². The minimum absolute atomic E-state index is 0.138. The van der Waals surface area contributed by atoms with E-state index in [0.29, 0.717) is 28.3 Å². The zero-order valence-electron chi connectivity index (χ0n) is 9.56. The predicted octanol–water partition coefficient (Wildman–Crippen LogP) is 5.33. The summed E-state index contributed by atoms with van der Waals surface area (Å²) in [6, 6.07) is 3.51. The molecule has 0 radical (unpaired) electrons. The van der Waals surface area contributed by atoms with Gasteiger partial charge in [-0.15, -0.1) is 11.6 Å². The van der Waals surface area contributed by atoms with Gasteiger partial charge in [0, 0.05) is 11.1 Å². The van der Waals surface area contributed by atoms with Crippen molar-refractivity contribution in [1.29, 1.82) is 0 Å². The standard InChI is InChI=1S/C12H15Cl3O/c1-4-16-11-6-9(13)8(5-10(11)14)12(15)7(2)3/h5-7,12H,4H2,1-3H3. The van der Waals surface area contributed by atoms with Crippen LogP contribution in [-0.2, 0) is 0 Å². The van der Waals surface area contributed by atoms with Crippen LogP contribution >= 0.6 is 34.8 Å². The fourth-order valence-corrected chi connectivity index (χ4v) is 2.11. The number of hydrogen-bond donors (Lipinski definition) is 0. The molecular weight excluding hydrogens is 266 g/mol. The van der Waals surface area contributed by atoms with E-state index in [4.69, 9.17) is 39.5 Å². The number of rotatable bonds is 4. The van der Waals surface area contributed by atoms with Crippen LogP contribution in [0, 0.1) is 5.92 Å². The molecule has 0 saturated carbocycles. The summed E-state index contributed by atoms with van der Waals surface area (Å²) in [5.41, 5.74) is 0.854. The van der Waals surface area contributed by atoms with Crippen molar-refractivity contribution in [3.8, 4) is 5.75 Å². The highest BCUT2D eigenvalue weighted by atomic mass is 35.5. The maximum absolute atomic E-state index is 6.26. The van der Waals surface area contributed by atoms with Gasteiger partial charge in [0.05, 0.1) is 17.0 Å². The molecule has 0 aliphatic rings. The molecule has 1 atom stereocenters. The zero-order chi connectivity index (χ0) is 12.3. The summed E-state index contributed by atoms with van der Waals surface area (Å²) in [7, 11) is 0. The van der Waals surface area contributed by atoms with Crippen LogP contribution in [0.3, 0.4) is 0 Å². The Morgan fingerprint density at radius 1 is 1.19 bits per heavy atom. The predicted molar refractivity (Wildman–Crippen MR) is 71.1 cm³/mol. The first-order valence-electron chi connectivity index (χ1n) is 5.23. The van der Waals surface area contributed by atoms with E-state index >= 15 is 0 Å². The summed E-state index contributed by atoms with van der Waals surface area (Å²) in [6.07, 6.45) is 0. The second-order valence-electron chi connectivity index (χ2n) is 3.88. The average molecular weight is 282 g/mol. The lowest BCUT2D eigenvalue weighted by atomic mass is 10.0. The molecule has 0 amide bonds. The van der Waals surface area contributed by atoms with E-state index in [0.717, 1.165) is 5.56 Å². The van der Waals surface area contributed by atoms with Gasteiger partial charge >= 0.3 is 0 Å². The van der Waals surface area contributed by atoms with Crippen molar-refractivity contribution in [2.24, 2.45) is 5.92 Å². The van der Waals surface area contributed by atoms with E-state index in [9.17, 15) is 0 Å². The van der Waals surface area contributed by atoms with Gasteiger partial charge in [0.25, 0.3) is 0 Å². The van der Waals surface area contributed by atoms with Crippen LogP contribution in [0.5, 0.6) is 5.75 Å². The monoisotopic (exact) mass is 280 g/mol. The van der Waals surface area contributed by atoms with Crippen molar-refractivity contribution < 1.29 is 4.74 Å². The highest BCUT2D eigenvalue weighted by molar-refractivity contribution is 6.35. The van der Waals surface area contributed by atoms with Gasteiger partial charge in [-0.2, -0.15) is 0 Å². The first-order valence-corrected chi connectivity index (χ1v) is 6.42. The second kappa shape index (κ2) is 6.00. The maximum Gasteiger partial charge on any atom is 0.139 e. The molecule has 0 aliphatic carbocycles. The van der Waals surface area contributed by atoms with Crippen molar-refractivity contribution in [2.75, 3.05) is 6.61 Å². The van der Waals surface area contributed by atoms with Gasteiger partial charge in [0.15, 0.2) is 0 Å². The Bertz CT molecular complexity index is 364. The van der Waals surface area contributed by atoms with Crippen LogP contribution in [0.25, 0.3) is 0 Å². The first kappa shape index (κ1) is 14.0. The minimum Gasteiger partial charge on any atom is -0.492 e. The smallest absolute Gasteiger partial charge is 0.139 e.